The summed E-state index contributed by atoms with van der Waals surface area (Å²) in [4.78, 5) is 23.4. The third kappa shape index (κ3) is 3.83. The second-order valence-electron chi connectivity index (χ2n) is 5.57. The monoisotopic (exact) mass is 401 g/mol. The van der Waals surface area contributed by atoms with E-state index in [0.717, 1.165) is 21.0 Å². The molecule has 0 unspecified atom stereocenters. The van der Waals surface area contributed by atoms with Gasteiger partial charge in [0.2, 0.25) is 0 Å². The first kappa shape index (κ1) is 17.0. The van der Waals surface area contributed by atoms with Crippen LogP contribution in [0.4, 0.5) is 10.5 Å². The first-order chi connectivity index (χ1) is 11.9. The van der Waals surface area contributed by atoms with Gasteiger partial charge in [-0.1, -0.05) is 28.1 Å². The zero-order valence-electron chi connectivity index (χ0n) is 13.4. The van der Waals surface area contributed by atoms with Crippen LogP contribution in [-0.2, 0) is 6.54 Å². The van der Waals surface area contributed by atoms with Gasteiger partial charge in [-0.3, -0.25) is 4.79 Å². The summed E-state index contributed by atoms with van der Waals surface area (Å²) in [6.07, 6.45) is 0. The summed E-state index contributed by atoms with van der Waals surface area (Å²) >= 11 is 3.42. The van der Waals surface area contributed by atoms with Gasteiger partial charge in [-0.2, -0.15) is 0 Å². The number of halogens is 1. The molecule has 0 fully saturated rings. The molecule has 0 aliphatic heterocycles. The van der Waals surface area contributed by atoms with Crippen molar-refractivity contribution in [3.8, 4) is 0 Å². The lowest BCUT2D eigenvalue weighted by atomic mass is 10.1. The van der Waals surface area contributed by atoms with Gasteiger partial charge in [-0.15, -0.1) is 0 Å². The number of carbonyl (C=O) groups is 2. The van der Waals surface area contributed by atoms with Gasteiger partial charge >= 0.3 is 6.03 Å². The molecule has 3 rings (SSSR count). The molecule has 128 valence electrons. The fraction of sp³-hybridized carbons (Fsp3) is 0.111. The standard InChI is InChI=1S/C18H16BrN3O3/c1-10-14-8-12(19)5-6-15(14)25-16(10)17(23)21-9-11-3-2-4-13(7-11)22-18(20)24/h2-8H,9H2,1H3,(H,21,23)(H3,20,22,24). The van der Waals surface area contributed by atoms with Crippen LogP contribution in [0, 0.1) is 6.92 Å². The molecule has 0 aliphatic rings. The second-order valence-corrected chi connectivity index (χ2v) is 6.48. The number of benzene rings is 2. The highest BCUT2D eigenvalue weighted by Gasteiger charge is 2.17. The largest absolute Gasteiger partial charge is 0.451 e. The molecular formula is C18H16BrN3O3. The van der Waals surface area contributed by atoms with Crippen LogP contribution in [0.3, 0.4) is 0 Å². The van der Waals surface area contributed by atoms with E-state index in [1.54, 1.807) is 18.2 Å². The Balaban J connectivity index is 1.75. The Labute approximate surface area is 152 Å². The summed E-state index contributed by atoms with van der Waals surface area (Å²) in [5, 5.41) is 6.22. The van der Waals surface area contributed by atoms with Gasteiger partial charge in [-0.05, 0) is 42.8 Å². The van der Waals surface area contributed by atoms with Crippen molar-refractivity contribution in [2.24, 2.45) is 5.73 Å². The minimum atomic E-state index is -0.634. The molecule has 0 atom stereocenters. The van der Waals surface area contributed by atoms with Gasteiger partial charge in [0.15, 0.2) is 5.76 Å². The molecule has 0 radical (unpaired) electrons. The minimum Gasteiger partial charge on any atom is -0.451 e. The topological polar surface area (TPSA) is 97.4 Å². The highest BCUT2D eigenvalue weighted by molar-refractivity contribution is 9.10. The molecule has 6 nitrogen and oxygen atoms in total. The predicted octanol–water partition coefficient (Wildman–Crippen LogP) is 3.92. The van der Waals surface area contributed by atoms with Gasteiger partial charge < -0.3 is 20.8 Å². The molecule has 4 N–H and O–H groups in total. The zero-order chi connectivity index (χ0) is 18.0. The molecule has 25 heavy (non-hydrogen) atoms. The number of aryl methyl sites for hydroxylation is 1. The summed E-state index contributed by atoms with van der Waals surface area (Å²) < 4.78 is 6.60. The van der Waals surface area contributed by atoms with E-state index in [1.165, 1.54) is 0 Å². The third-order valence-corrected chi connectivity index (χ3v) is 4.25. The maximum Gasteiger partial charge on any atom is 0.316 e. The zero-order valence-corrected chi connectivity index (χ0v) is 15.0. The summed E-state index contributed by atoms with van der Waals surface area (Å²) in [6.45, 7) is 2.15. The highest BCUT2D eigenvalue weighted by Crippen LogP contribution is 2.28. The SMILES string of the molecule is Cc1c(C(=O)NCc2cccc(NC(N)=O)c2)oc2ccc(Br)cc12. The molecule has 0 aliphatic carbocycles. The molecule has 7 heteroatoms. The van der Waals surface area contributed by atoms with Crippen molar-refractivity contribution in [2.45, 2.75) is 13.5 Å². The van der Waals surface area contributed by atoms with E-state index < -0.39 is 6.03 Å². The van der Waals surface area contributed by atoms with E-state index in [2.05, 4.69) is 26.6 Å². The lowest BCUT2D eigenvalue weighted by molar-refractivity contribution is 0.0924. The number of nitrogens with one attached hydrogen (secondary N) is 2. The molecule has 0 saturated heterocycles. The van der Waals surface area contributed by atoms with Crippen LogP contribution in [0.1, 0.15) is 21.7 Å². The Morgan fingerprint density at radius 1 is 1.20 bits per heavy atom. The number of hydrogen-bond acceptors (Lipinski definition) is 3. The third-order valence-electron chi connectivity index (χ3n) is 3.75. The fourth-order valence-corrected chi connectivity index (χ4v) is 2.93. The Hall–Kier alpha value is -2.80. The van der Waals surface area contributed by atoms with Crippen molar-refractivity contribution in [3.63, 3.8) is 0 Å². The quantitative estimate of drug-likeness (QED) is 0.617. The van der Waals surface area contributed by atoms with E-state index in [-0.39, 0.29) is 5.91 Å². The van der Waals surface area contributed by atoms with Crippen LogP contribution in [-0.4, -0.2) is 11.9 Å². The summed E-state index contributed by atoms with van der Waals surface area (Å²) in [6, 6.07) is 12.1. The molecule has 1 aromatic heterocycles. The number of amides is 3. The van der Waals surface area contributed by atoms with Crippen LogP contribution in [0.25, 0.3) is 11.0 Å². The van der Waals surface area contributed by atoms with Crippen molar-refractivity contribution in [3.05, 3.63) is 63.8 Å². The number of hydrogen-bond donors (Lipinski definition) is 3. The van der Waals surface area contributed by atoms with Crippen molar-refractivity contribution in [2.75, 3.05) is 5.32 Å². The van der Waals surface area contributed by atoms with Crippen molar-refractivity contribution < 1.29 is 14.0 Å². The first-order valence-electron chi connectivity index (χ1n) is 7.56. The van der Waals surface area contributed by atoms with Crippen molar-refractivity contribution in [1.82, 2.24) is 5.32 Å². The Kier molecular flexibility index (Phi) is 4.76. The van der Waals surface area contributed by atoms with E-state index in [0.29, 0.717) is 23.6 Å². The average molecular weight is 402 g/mol. The minimum absolute atomic E-state index is 0.291. The van der Waals surface area contributed by atoms with E-state index in [4.69, 9.17) is 10.2 Å². The average Bonchev–Trinajstić information content (AvgIpc) is 2.89. The smallest absolute Gasteiger partial charge is 0.316 e. The highest BCUT2D eigenvalue weighted by atomic mass is 79.9. The maximum absolute atomic E-state index is 12.4. The van der Waals surface area contributed by atoms with Crippen molar-refractivity contribution >= 4 is 44.5 Å². The molecule has 0 bridgehead atoms. The molecule has 3 aromatic rings. The Morgan fingerprint density at radius 2 is 2.00 bits per heavy atom. The number of fused-ring (bicyclic) bond motifs is 1. The number of urea groups is 1. The number of nitrogens with two attached hydrogens (primary N) is 1. The molecule has 3 amide bonds. The summed E-state index contributed by atoms with van der Waals surface area (Å²) in [5.74, 6) is -0.00222. The summed E-state index contributed by atoms with van der Waals surface area (Å²) in [5.41, 5.74) is 7.96. The molecule has 0 spiro atoms. The number of primary amides is 1. The van der Waals surface area contributed by atoms with Crippen LogP contribution in [0.2, 0.25) is 0 Å². The normalized spacial score (nSPS) is 10.6. The van der Waals surface area contributed by atoms with Gasteiger partial charge in [0.1, 0.15) is 5.58 Å². The molecule has 1 heterocycles. The Morgan fingerprint density at radius 3 is 2.76 bits per heavy atom. The first-order valence-corrected chi connectivity index (χ1v) is 8.35. The number of furan rings is 1. The second kappa shape index (κ2) is 6.98. The lowest BCUT2D eigenvalue weighted by Gasteiger charge is -2.07. The fourth-order valence-electron chi connectivity index (χ4n) is 2.57. The number of rotatable bonds is 4. The number of anilines is 1. The summed E-state index contributed by atoms with van der Waals surface area (Å²) in [7, 11) is 0. The van der Waals surface area contributed by atoms with Gasteiger partial charge in [0.05, 0.1) is 0 Å². The van der Waals surface area contributed by atoms with Gasteiger partial charge in [0, 0.05) is 27.7 Å². The van der Waals surface area contributed by atoms with Crippen LogP contribution in [0.15, 0.2) is 51.4 Å². The molecular weight excluding hydrogens is 386 g/mol. The molecule has 0 saturated carbocycles. The van der Waals surface area contributed by atoms with Crippen molar-refractivity contribution in [1.29, 1.82) is 0 Å². The van der Waals surface area contributed by atoms with Gasteiger partial charge in [0.25, 0.3) is 5.91 Å². The maximum atomic E-state index is 12.4. The number of carbonyl (C=O) groups excluding carboxylic acids is 2. The van der Waals surface area contributed by atoms with Crippen LogP contribution in [0.5, 0.6) is 0 Å². The van der Waals surface area contributed by atoms with E-state index in [1.807, 2.05) is 31.2 Å². The van der Waals surface area contributed by atoms with Crippen LogP contribution >= 0.6 is 15.9 Å². The molecule has 2 aromatic carbocycles. The van der Waals surface area contributed by atoms with E-state index in [9.17, 15) is 9.59 Å². The Bertz CT molecular complexity index is 965. The van der Waals surface area contributed by atoms with Crippen LogP contribution < -0.4 is 16.4 Å². The van der Waals surface area contributed by atoms with E-state index >= 15 is 0 Å². The lowest BCUT2D eigenvalue weighted by Crippen LogP contribution is -2.23. The van der Waals surface area contributed by atoms with Gasteiger partial charge in [-0.25, -0.2) is 4.79 Å². The predicted molar refractivity (Wildman–Crippen MR) is 99.5 cm³/mol.